The van der Waals surface area contributed by atoms with Crippen LogP contribution in [-0.4, -0.2) is 32.2 Å². The molecule has 0 spiro atoms. The van der Waals surface area contributed by atoms with Crippen LogP contribution in [0, 0.1) is 11.2 Å². The number of anilines is 1. The van der Waals surface area contributed by atoms with Gasteiger partial charge in [-0.1, -0.05) is 38.1 Å². The molecule has 0 saturated heterocycles. The van der Waals surface area contributed by atoms with Gasteiger partial charge in [-0.05, 0) is 41.7 Å². The zero-order valence-corrected chi connectivity index (χ0v) is 19.1. The van der Waals surface area contributed by atoms with E-state index in [1.165, 1.54) is 12.1 Å². The number of ketones is 1. The van der Waals surface area contributed by atoms with E-state index in [2.05, 4.69) is 20.5 Å². The number of hydrogen-bond donors (Lipinski definition) is 3. The number of halogens is 1. The van der Waals surface area contributed by atoms with Gasteiger partial charge in [-0.25, -0.2) is 9.18 Å². The minimum atomic E-state index is -1.49. The summed E-state index contributed by atoms with van der Waals surface area (Å²) in [5.41, 5.74) is 3.72. The summed E-state index contributed by atoms with van der Waals surface area (Å²) in [6, 6.07) is 9.91. The van der Waals surface area contributed by atoms with E-state index in [-0.39, 0.29) is 22.9 Å². The number of carboxylic acid groups (broad SMARTS) is 1. The molecule has 8 nitrogen and oxygen atoms in total. The van der Waals surface area contributed by atoms with Crippen molar-refractivity contribution in [2.24, 2.45) is 5.41 Å². The molecule has 1 atom stereocenters. The summed E-state index contributed by atoms with van der Waals surface area (Å²) in [5, 5.41) is 19.2. The minimum absolute atomic E-state index is 0.0130. The smallest absolute Gasteiger partial charge is 0.449 e. The average Bonchev–Trinajstić information content (AvgIpc) is 3.18. The molecule has 3 aromatic rings. The molecular formula is C26H23FN4O4. The van der Waals surface area contributed by atoms with E-state index in [9.17, 15) is 14.0 Å². The van der Waals surface area contributed by atoms with Crippen LogP contribution in [0.25, 0.3) is 17.2 Å². The summed E-state index contributed by atoms with van der Waals surface area (Å²) < 4.78 is 18.4. The number of H-pyrrole nitrogens is 1. The van der Waals surface area contributed by atoms with Crippen LogP contribution in [0.15, 0.2) is 59.9 Å². The van der Waals surface area contributed by atoms with Gasteiger partial charge in [0.2, 0.25) is 0 Å². The summed E-state index contributed by atoms with van der Waals surface area (Å²) >= 11 is 0. The quantitative estimate of drug-likeness (QED) is 0.425. The van der Waals surface area contributed by atoms with Crippen LogP contribution in [0.1, 0.15) is 43.9 Å². The van der Waals surface area contributed by atoms with Crippen molar-refractivity contribution in [1.29, 1.82) is 0 Å². The predicted molar refractivity (Wildman–Crippen MR) is 127 cm³/mol. The molecule has 1 unspecified atom stereocenters. The Kier molecular flexibility index (Phi) is 5.47. The largest absolute Gasteiger partial charge is 0.512 e. The predicted octanol–water partition coefficient (Wildman–Crippen LogP) is 5.53. The molecule has 3 N–H and O–H groups in total. The number of pyridine rings is 1. The fourth-order valence-corrected chi connectivity index (χ4v) is 4.71. The van der Waals surface area contributed by atoms with Crippen molar-refractivity contribution in [2.45, 2.75) is 32.6 Å². The Bertz CT molecular complexity index is 1390. The molecule has 1 aliphatic heterocycles. The van der Waals surface area contributed by atoms with Crippen molar-refractivity contribution in [3.05, 3.63) is 77.0 Å². The summed E-state index contributed by atoms with van der Waals surface area (Å²) in [6.07, 6.45) is 4.77. The second kappa shape index (κ2) is 8.50. The molecule has 5 rings (SSSR count). The first-order chi connectivity index (χ1) is 16.7. The molecular weight excluding hydrogens is 451 g/mol. The molecule has 178 valence electrons. The molecule has 1 aromatic carbocycles. The molecule has 0 radical (unpaired) electrons. The van der Waals surface area contributed by atoms with Gasteiger partial charge in [0, 0.05) is 35.4 Å². The van der Waals surface area contributed by atoms with Crippen LogP contribution >= 0.6 is 0 Å². The number of hydrogen-bond acceptors (Lipinski definition) is 6. The van der Waals surface area contributed by atoms with Crippen molar-refractivity contribution in [3.8, 4) is 17.0 Å². The third-order valence-corrected chi connectivity index (χ3v) is 6.17. The lowest BCUT2D eigenvalue weighted by molar-refractivity contribution is -0.118. The van der Waals surface area contributed by atoms with Gasteiger partial charge in [0.1, 0.15) is 11.6 Å². The van der Waals surface area contributed by atoms with Crippen LogP contribution in [0.2, 0.25) is 0 Å². The van der Waals surface area contributed by atoms with Crippen molar-refractivity contribution in [1.82, 2.24) is 15.2 Å². The third-order valence-electron chi connectivity index (χ3n) is 6.17. The van der Waals surface area contributed by atoms with E-state index in [4.69, 9.17) is 9.84 Å². The van der Waals surface area contributed by atoms with Crippen molar-refractivity contribution >= 4 is 23.8 Å². The van der Waals surface area contributed by atoms with Gasteiger partial charge in [0.25, 0.3) is 5.88 Å². The number of carbonyl (C=O) groups excluding carboxylic acids is 1. The lowest BCUT2D eigenvalue weighted by Gasteiger charge is -2.37. The number of aromatic nitrogens is 3. The number of allylic oxidation sites excluding steroid dienone is 3. The van der Waals surface area contributed by atoms with E-state index < -0.39 is 12.1 Å². The van der Waals surface area contributed by atoms with Crippen LogP contribution in [0.4, 0.5) is 15.0 Å². The number of Topliss-reactive ketones (excluding diaryl/α,β-unsaturated/α-hetero) is 1. The van der Waals surface area contributed by atoms with E-state index in [1.54, 1.807) is 36.5 Å². The van der Waals surface area contributed by atoms with Gasteiger partial charge in [0.15, 0.2) is 5.78 Å². The van der Waals surface area contributed by atoms with Crippen molar-refractivity contribution in [3.63, 3.8) is 0 Å². The fourth-order valence-electron chi connectivity index (χ4n) is 4.71. The topological polar surface area (TPSA) is 117 Å². The number of fused-ring (bicyclic) bond motifs is 1. The van der Waals surface area contributed by atoms with Crippen LogP contribution in [0.5, 0.6) is 5.88 Å². The Morgan fingerprint density at radius 1 is 1.23 bits per heavy atom. The Labute approximate surface area is 200 Å². The summed E-state index contributed by atoms with van der Waals surface area (Å²) in [7, 11) is 0. The highest BCUT2D eigenvalue weighted by Gasteiger charge is 2.41. The van der Waals surface area contributed by atoms with E-state index in [0.717, 1.165) is 16.8 Å². The number of ether oxygens (including phenoxy) is 1. The van der Waals surface area contributed by atoms with Crippen LogP contribution in [0.3, 0.4) is 0 Å². The highest BCUT2D eigenvalue weighted by atomic mass is 19.1. The standard InChI is InChI=1S/C26H23FN4O4/c1-26(2)11-19-21(20(32)12-26)18(22-23(29-19)30-31-24(22)35-25(33)34)9-8-17-7-6-15(13-28-17)14-4-3-5-16(27)10-14/h3-10,13,18H,11-12H2,1-2H3,(H,33,34)(H2,29,30,31)/b9-8+. The van der Waals surface area contributed by atoms with Gasteiger partial charge in [0.05, 0.1) is 11.3 Å². The number of aromatic amines is 1. The van der Waals surface area contributed by atoms with E-state index in [1.807, 2.05) is 19.9 Å². The van der Waals surface area contributed by atoms with Crippen LogP contribution < -0.4 is 10.1 Å². The molecule has 2 aromatic heterocycles. The Hall–Kier alpha value is -4.27. The molecule has 1 aliphatic carbocycles. The summed E-state index contributed by atoms with van der Waals surface area (Å²) in [4.78, 5) is 28.9. The maximum Gasteiger partial charge on any atom is 0.512 e. The number of nitrogens with one attached hydrogen (secondary N) is 2. The number of nitrogens with zero attached hydrogens (tertiary/aromatic N) is 2. The number of benzene rings is 1. The first-order valence-corrected chi connectivity index (χ1v) is 11.1. The highest BCUT2D eigenvalue weighted by molar-refractivity contribution is 6.01. The normalized spacial score (nSPS) is 18.7. The summed E-state index contributed by atoms with van der Waals surface area (Å²) in [6.45, 7) is 4.07. The van der Waals surface area contributed by atoms with Crippen LogP contribution in [-0.2, 0) is 4.79 Å². The monoisotopic (exact) mass is 474 g/mol. The molecule has 35 heavy (non-hydrogen) atoms. The number of carbonyl (C=O) groups is 2. The molecule has 0 bridgehead atoms. The first kappa shape index (κ1) is 22.5. The Morgan fingerprint density at radius 3 is 2.77 bits per heavy atom. The zero-order chi connectivity index (χ0) is 24.7. The zero-order valence-electron chi connectivity index (χ0n) is 19.1. The van der Waals surface area contributed by atoms with Gasteiger partial charge in [-0.3, -0.25) is 14.9 Å². The Morgan fingerprint density at radius 2 is 2.06 bits per heavy atom. The van der Waals surface area contributed by atoms with Gasteiger partial charge in [-0.15, -0.1) is 5.10 Å². The molecule has 2 aliphatic rings. The molecule has 0 fully saturated rings. The lowest BCUT2D eigenvalue weighted by Crippen LogP contribution is -2.33. The summed E-state index contributed by atoms with van der Waals surface area (Å²) in [5.74, 6) is -0.511. The maximum absolute atomic E-state index is 13.6. The fraction of sp³-hybridized carbons (Fsp3) is 0.231. The molecule has 0 saturated carbocycles. The molecule has 9 heteroatoms. The lowest BCUT2D eigenvalue weighted by atomic mass is 9.70. The molecule has 3 heterocycles. The van der Waals surface area contributed by atoms with E-state index >= 15 is 0 Å². The average molecular weight is 474 g/mol. The maximum atomic E-state index is 13.6. The van der Waals surface area contributed by atoms with Crippen molar-refractivity contribution in [2.75, 3.05) is 5.32 Å². The number of rotatable bonds is 4. The van der Waals surface area contributed by atoms with Gasteiger partial charge >= 0.3 is 6.16 Å². The first-order valence-electron chi connectivity index (χ1n) is 11.1. The Balaban J connectivity index is 1.51. The van der Waals surface area contributed by atoms with E-state index in [0.29, 0.717) is 35.5 Å². The minimum Gasteiger partial charge on any atom is -0.449 e. The second-order valence-electron chi connectivity index (χ2n) is 9.46. The molecule has 0 amide bonds. The third kappa shape index (κ3) is 4.44. The second-order valence-corrected chi connectivity index (χ2v) is 9.46. The van der Waals surface area contributed by atoms with Gasteiger partial charge < -0.3 is 15.2 Å². The highest BCUT2D eigenvalue weighted by Crippen LogP contribution is 2.49. The van der Waals surface area contributed by atoms with Crippen molar-refractivity contribution < 1.29 is 23.8 Å². The van der Waals surface area contributed by atoms with Gasteiger partial charge in [-0.2, -0.15) is 0 Å². The SMILES string of the molecule is CC1(C)CC(=O)C2=C(C1)Nc1[nH]nc(OC(=O)O)c1C2/C=C/c1ccc(-c2cccc(F)c2)cn1.